The molecule has 0 heterocycles. The van der Waals surface area contributed by atoms with Crippen LogP contribution in [0.4, 0.5) is 0 Å². The Morgan fingerprint density at radius 2 is 1.06 bits per heavy atom. The smallest absolute Gasteiger partial charge is 0.0406 e. The molecule has 5 aromatic rings. The van der Waals surface area contributed by atoms with Crippen molar-refractivity contribution in [2.45, 2.75) is 6.42 Å². The predicted octanol–water partition coefficient (Wildman–Crippen LogP) is 8.91. The zero-order valence-corrected chi connectivity index (χ0v) is 18.3. The van der Waals surface area contributed by atoms with Gasteiger partial charge in [0.15, 0.2) is 0 Å². The molecule has 6 rings (SSSR count). The summed E-state index contributed by atoms with van der Waals surface area (Å²) in [4.78, 5) is 0. The summed E-state index contributed by atoms with van der Waals surface area (Å²) in [6, 6.07) is 41.0. The SMILES string of the molecule is Clc1ccc(-c2cc3c(c(-c4ccccc4)c2-c2ccccc2)Cc2ccccc2-3)cc1. The molecule has 0 bridgehead atoms. The summed E-state index contributed by atoms with van der Waals surface area (Å²) in [5, 5.41) is 0.754. The highest BCUT2D eigenvalue weighted by Crippen LogP contribution is 2.50. The van der Waals surface area contributed by atoms with Crippen LogP contribution in [0.1, 0.15) is 11.1 Å². The summed E-state index contributed by atoms with van der Waals surface area (Å²) in [6.07, 6.45) is 0.955. The molecule has 0 saturated carbocycles. The van der Waals surface area contributed by atoms with Gasteiger partial charge >= 0.3 is 0 Å². The van der Waals surface area contributed by atoms with E-state index in [0.717, 1.165) is 11.4 Å². The maximum atomic E-state index is 6.24. The van der Waals surface area contributed by atoms with E-state index < -0.39 is 0 Å². The van der Waals surface area contributed by atoms with E-state index in [1.54, 1.807) is 0 Å². The Hall–Kier alpha value is -3.61. The van der Waals surface area contributed by atoms with Crippen LogP contribution in [0.2, 0.25) is 5.02 Å². The van der Waals surface area contributed by atoms with E-state index >= 15 is 0 Å². The lowest BCUT2D eigenvalue weighted by Crippen LogP contribution is -1.96. The van der Waals surface area contributed by atoms with E-state index in [1.807, 2.05) is 12.1 Å². The zero-order chi connectivity index (χ0) is 21.5. The summed E-state index contributed by atoms with van der Waals surface area (Å²) in [5.41, 5.74) is 13.0. The predicted molar refractivity (Wildman–Crippen MR) is 136 cm³/mol. The maximum Gasteiger partial charge on any atom is 0.0406 e. The summed E-state index contributed by atoms with van der Waals surface area (Å²) < 4.78 is 0. The van der Waals surface area contributed by atoms with Crippen molar-refractivity contribution >= 4 is 11.6 Å². The molecule has 152 valence electrons. The molecule has 32 heavy (non-hydrogen) atoms. The molecule has 0 unspecified atom stereocenters. The minimum atomic E-state index is 0.754. The summed E-state index contributed by atoms with van der Waals surface area (Å²) >= 11 is 6.24. The second-order valence-corrected chi connectivity index (χ2v) is 8.71. The van der Waals surface area contributed by atoms with E-state index in [0.29, 0.717) is 0 Å². The highest BCUT2D eigenvalue weighted by molar-refractivity contribution is 6.30. The summed E-state index contributed by atoms with van der Waals surface area (Å²) in [6.45, 7) is 0. The van der Waals surface area contributed by atoms with Gasteiger partial charge in [-0.3, -0.25) is 0 Å². The lowest BCUT2D eigenvalue weighted by atomic mass is 9.82. The number of fused-ring (bicyclic) bond motifs is 3. The highest BCUT2D eigenvalue weighted by Gasteiger charge is 2.27. The first-order chi connectivity index (χ1) is 15.8. The first kappa shape index (κ1) is 19.1. The molecule has 0 saturated heterocycles. The molecule has 0 amide bonds. The molecule has 0 fully saturated rings. The van der Waals surface area contributed by atoms with Crippen molar-refractivity contribution in [3.63, 3.8) is 0 Å². The van der Waals surface area contributed by atoms with Gasteiger partial charge in [-0.25, -0.2) is 0 Å². The molecular weight excluding hydrogens is 408 g/mol. The van der Waals surface area contributed by atoms with Crippen LogP contribution in [-0.2, 0) is 6.42 Å². The van der Waals surface area contributed by atoms with Crippen LogP contribution in [0.25, 0.3) is 44.5 Å². The van der Waals surface area contributed by atoms with Gasteiger partial charge in [0.2, 0.25) is 0 Å². The molecule has 0 nitrogen and oxygen atoms in total. The van der Waals surface area contributed by atoms with Gasteiger partial charge in [0.25, 0.3) is 0 Å². The topological polar surface area (TPSA) is 0 Å². The van der Waals surface area contributed by atoms with Crippen molar-refractivity contribution in [2.75, 3.05) is 0 Å². The van der Waals surface area contributed by atoms with Crippen LogP contribution in [-0.4, -0.2) is 0 Å². The molecule has 0 aromatic heterocycles. The quantitative estimate of drug-likeness (QED) is 0.264. The lowest BCUT2D eigenvalue weighted by Gasteiger charge is -2.21. The minimum absolute atomic E-state index is 0.754. The van der Waals surface area contributed by atoms with Gasteiger partial charge in [-0.2, -0.15) is 0 Å². The van der Waals surface area contributed by atoms with Gasteiger partial charge in [-0.1, -0.05) is 109 Å². The fourth-order valence-electron chi connectivity index (χ4n) is 4.96. The largest absolute Gasteiger partial charge is 0.0843 e. The fraction of sp³-hybridized carbons (Fsp3) is 0.0323. The number of hydrogen-bond donors (Lipinski definition) is 0. The summed E-state index contributed by atoms with van der Waals surface area (Å²) in [7, 11) is 0. The van der Waals surface area contributed by atoms with Crippen molar-refractivity contribution in [3.05, 3.63) is 131 Å². The number of hydrogen-bond acceptors (Lipinski definition) is 0. The minimum Gasteiger partial charge on any atom is -0.0843 e. The van der Waals surface area contributed by atoms with Crippen molar-refractivity contribution in [2.24, 2.45) is 0 Å². The Balaban J connectivity index is 1.76. The molecule has 1 aliphatic rings. The first-order valence-electron chi connectivity index (χ1n) is 10.9. The Kier molecular flexibility index (Phi) is 4.67. The molecule has 0 N–H and O–H groups in total. The molecule has 0 radical (unpaired) electrons. The van der Waals surface area contributed by atoms with Crippen molar-refractivity contribution in [1.29, 1.82) is 0 Å². The second-order valence-electron chi connectivity index (χ2n) is 8.27. The van der Waals surface area contributed by atoms with Crippen molar-refractivity contribution < 1.29 is 0 Å². The number of benzene rings is 5. The van der Waals surface area contributed by atoms with E-state index in [4.69, 9.17) is 11.6 Å². The normalized spacial score (nSPS) is 11.8. The maximum absolute atomic E-state index is 6.24. The Morgan fingerprint density at radius 1 is 0.469 bits per heavy atom. The highest BCUT2D eigenvalue weighted by atomic mass is 35.5. The monoisotopic (exact) mass is 428 g/mol. The molecule has 0 spiro atoms. The third kappa shape index (κ3) is 3.16. The number of rotatable bonds is 3. The van der Waals surface area contributed by atoms with Gasteiger partial charge < -0.3 is 0 Å². The van der Waals surface area contributed by atoms with Crippen LogP contribution in [0.15, 0.2) is 115 Å². The lowest BCUT2D eigenvalue weighted by molar-refractivity contribution is 1.26. The van der Waals surface area contributed by atoms with Gasteiger partial charge in [-0.05, 0) is 80.3 Å². The Bertz CT molecular complexity index is 1420. The van der Waals surface area contributed by atoms with Crippen LogP contribution >= 0.6 is 11.6 Å². The van der Waals surface area contributed by atoms with Crippen LogP contribution in [0, 0.1) is 0 Å². The Morgan fingerprint density at radius 3 is 1.75 bits per heavy atom. The van der Waals surface area contributed by atoms with Crippen molar-refractivity contribution in [1.82, 2.24) is 0 Å². The second kappa shape index (κ2) is 7.82. The van der Waals surface area contributed by atoms with Crippen LogP contribution in [0.3, 0.4) is 0 Å². The van der Waals surface area contributed by atoms with Gasteiger partial charge in [-0.15, -0.1) is 0 Å². The van der Waals surface area contributed by atoms with E-state index in [-0.39, 0.29) is 0 Å². The summed E-state index contributed by atoms with van der Waals surface area (Å²) in [5.74, 6) is 0. The third-order valence-electron chi connectivity index (χ3n) is 6.39. The van der Waals surface area contributed by atoms with Gasteiger partial charge in [0, 0.05) is 5.02 Å². The van der Waals surface area contributed by atoms with Crippen LogP contribution in [0.5, 0.6) is 0 Å². The molecular formula is C31H21Cl. The molecule has 5 aromatic carbocycles. The van der Waals surface area contributed by atoms with E-state index in [2.05, 4.69) is 103 Å². The average molecular weight is 429 g/mol. The average Bonchev–Trinajstić information content (AvgIpc) is 3.23. The molecule has 1 aliphatic carbocycles. The fourth-order valence-corrected chi connectivity index (χ4v) is 5.09. The molecule has 0 aliphatic heterocycles. The molecule has 1 heteroatoms. The van der Waals surface area contributed by atoms with Gasteiger partial charge in [0.05, 0.1) is 0 Å². The third-order valence-corrected chi connectivity index (χ3v) is 6.64. The van der Waals surface area contributed by atoms with E-state index in [9.17, 15) is 0 Å². The number of halogens is 1. The van der Waals surface area contributed by atoms with Gasteiger partial charge in [0.1, 0.15) is 0 Å². The Labute approximate surface area is 193 Å². The van der Waals surface area contributed by atoms with E-state index in [1.165, 1.54) is 55.6 Å². The first-order valence-corrected chi connectivity index (χ1v) is 11.3. The van der Waals surface area contributed by atoms with Crippen LogP contribution < -0.4 is 0 Å². The standard InChI is InChI=1S/C31H21Cl/c32-25-17-15-21(16-18-25)27-20-28-26-14-8-7-13-24(26)19-29(28)31(23-11-5-2-6-12-23)30(27)22-9-3-1-4-10-22/h1-18,20H,19H2. The molecule has 0 atom stereocenters. The van der Waals surface area contributed by atoms with Crippen molar-refractivity contribution in [3.8, 4) is 44.5 Å². The zero-order valence-electron chi connectivity index (χ0n) is 17.6.